The maximum atomic E-state index is 8.79. The number of nitrogens with zero attached hydrogens (tertiary/aromatic N) is 3. The van der Waals surface area contributed by atoms with Crippen LogP contribution in [0.1, 0.15) is 24.8 Å². The van der Waals surface area contributed by atoms with Gasteiger partial charge in [0.05, 0.1) is 15.2 Å². The highest BCUT2D eigenvalue weighted by atomic mass is 127. The van der Waals surface area contributed by atoms with Crippen molar-refractivity contribution in [1.29, 1.82) is 5.26 Å². The first-order valence-corrected chi connectivity index (χ1v) is 7.89. The average Bonchev–Trinajstić information content (AvgIpc) is 2.46. The van der Waals surface area contributed by atoms with Crippen molar-refractivity contribution in [3.8, 4) is 6.07 Å². The molecule has 1 heterocycles. The molecule has 1 aliphatic carbocycles. The molecule has 0 spiro atoms. The van der Waals surface area contributed by atoms with Crippen molar-refractivity contribution in [2.75, 3.05) is 10.6 Å². The maximum Gasteiger partial charge on any atom is 0.229 e. The number of nitrogens with one attached hydrogen (secondary N) is 2. The predicted molar refractivity (Wildman–Crippen MR) is 90.5 cm³/mol. The van der Waals surface area contributed by atoms with Gasteiger partial charge in [-0.05, 0) is 66.1 Å². The van der Waals surface area contributed by atoms with Crippen LogP contribution in [-0.4, -0.2) is 16.0 Å². The Kier molecular flexibility index (Phi) is 4.20. The van der Waals surface area contributed by atoms with Gasteiger partial charge in [-0.15, -0.1) is 0 Å². The fourth-order valence-electron chi connectivity index (χ4n) is 2.03. The quantitative estimate of drug-likeness (QED) is 0.779. The van der Waals surface area contributed by atoms with E-state index in [9.17, 15) is 0 Å². The Morgan fingerprint density at radius 2 is 2.00 bits per heavy atom. The van der Waals surface area contributed by atoms with Crippen LogP contribution >= 0.6 is 22.6 Å². The number of hydrogen-bond acceptors (Lipinski definition) is 5. The molecule has 1 fully saturated rings. The van der Waals surface area contributed by atoms with Gasteiger partial charge in [0.2, 0.25) is 5.95 Å². The van der Waals surface area contributed by atoms with Gasteiger partial charge in [0.25, 0.3) is 0 Å². The largest absolute Gasteiger partial charge is 0.366 e. The molecular weight excluding hydrogens is 377 g/mol. The summed E-state index contributed by atoms with van der Waals surface area (Å²) >= 11 is 2.24. The topological polar surface area (TPSA) is 73.6 Å². The molecule has 0 aliphatic heterocycles. The zero-order valence-corrected chi connectivity index (χ0v) is 13.5. The van der Waals surface area contributed by atoms with E-state index >= 15 is 0 Å². The van der Waals surface area contributed by atoms with Gasteiger partial charge in [-0.2, -0.15) is 10.2 Å². The molecule has 0 bridgehead atoms. The number of halogens is 1. The van der Waals surface area contributed by atoms with Crippen LogP contribution in [0.25, 0.3) is 0 Å². The van der Waals surface area contributed by atoms with Crippen molar-refractivity contribution in [2.45, 2.75) is 25.3 Å². The van der Waals surface area contributed by atoms with Crippen LogP contribution in [0.3, 0.4) is 0 Å². The molecule has 2 aromatic rings. The standard InChI is InChI=1S/C15H14IN5/c16-13-9-18-15(21-14(13)19-11-2-1-3-11)20-12-6-4-10(8-17)5-7-12/h4-7,9,11H,1-3H2,(H2,18,19,20,21). The Labute approximate surface area is 137 Å². The first-order valence-electron chi connectivity index (χ1n) is 6.81. The second-order valence-corrected chi connectivity index (χ2v) is 6.14. The highest BCUT2D eigenvalue weighted by Gasteiger charge is 2.18. The van der Waals surface area contributed by atoms with Gasteiger partial charge >= 0.3 is 0 Å². The van der Waals surface area contributed by atoms with Crippen LogP contribution in [0.2, 0.25) is 0 Å². The smallest absolute Gasteiger partial charge is 0.229 e. The van der Waals surface area contributed by atoms with Gasteiger partial charge in [0, 0.05) is 17.9 Å². The Bertz CT molecular complexity index is 673. The summed E-state index contributed by atoms with van der Waals surface area (Å²) in [7, 11) is 0. The van der Waals surface area contributed by atoms with Gasteiger partial charge in [-0.25, -0.2) is 4.98 Å². The first kappa shape index (κ1) is 14.1. The third-order valence-corrected chi connectivity index (χ3v) is 4.25. The number of hydrogen-bond donors (Lipinski definition) is 2. The van der Waals surface area contributed by atoms with Gasteiger partial charge in [-0.3, -0.25) is 0 Å². The molecule has 106 valence electrons. The van der Waals surface area contributed by atoms with Crippen molar-refractivity contribution < 1.29 is 0 Å². The average molecular weight is 391 g/mol. The van der Waals surface area contributed by atoms with Crippen molar-refractivity contribution in [1.82, 2.24) is 9.97 Å². The molecule has 1 saturated carbocycles. The number of nitriles is 1. The summed E-state index contributed by atoms with van der Waals surface area (Å²) in [6.07, 6.45) is 5.51. The van der Waals surface area contributed by atoms with Gasteiger partial charge < -0.3 is 10.6 Å². The Morgan fingerprint density at radius 1 is 1.24 bits per heavy atom. The molecule has 2 N–H and O–H groups in total. The van der Waals surface area contributed by atoms with E-state index in [1.807, 2.05) is 12.1 Å². The molecule has 0 saturated heterocycles. The SMILES string of the molecule is N#Cc1ccc(Nc2ncc(I)c(NC3CCC3)n2)cc1. The molecule has 21 heavy (non-hydrogen) atoms. The zero-order chi connectivity index (χ0) is 14.7. The molecule has 0 unspecified atom stereocenters. The number of rotatable bonds is 4. The fraction of sp³-hybridized carbons (Fsp3) is 0.267. The highest BCUT2D eigenvalue weighted by molar-refractivity contribution is 14.1. The molecule has 5 nitrogen and oxygen atoms in total. The molecule has 0 atom stereocenters. The third-order valence-electron chi connectivity index (χ3n) is 3.46. The molecule has 3 rings (SSSR count). The Balaban J connectivity index is 1.75. The van der Waals surface area contributed by atoms with Crippen molar-refractivity contribution in [2.24, 2.45) is 0 Å². The normalized spacial score (nSPS) is 14.1. The molecule has 0 amide bonds. The number of benzene rings is 1. The van der Waals surface area contributed by atoms with Crippen molar-refractivity contribution in [3.63, 3.8) is 0 Å². The second-order valence-electron chi connectivity index (χ2n) is 4.98. The summed E-state index contributed by atoms with van der Waals surface area (Å²) in [5.74, 6) is 1.44. The highest BCUT2D eigenvalue weighted by Crippen LogP contribution is 2.25. The lowest BCUT2D eigenvalue weighted by atomic mass is 9.93. The van der Waals surface area contributed by atoms with Crippen LogP contribution in [0.15, 0.2) is 30.5 Å². The van der Waals surface area contributed by atoms with Crippen LogP contribution in [-0.2, 0) is 0 Å². The summed E-state index contributed by atoms with van der Waals surface area (Å²) in [5, 5.41) is 15.4. The summed E-state index contributed by atoms with van der Waals surface area (Å²) in [6, 6.07) is 9.86. The van der Waals surface area contributed by atoms with E-state index in [0.29, 0.717) is 17.6 Å². The minimum Gasteiger partial charge on any atom is -0.366 e. The molecule has 1 aliphatic rings. The Hall–Kier alpha value is -1.88. The van der Waals surface area contributed by atoms with Crippen LogP contribution < -0.4 is 10.6 Å². The fourth-order valence-corrected chi connectivity index (χ4v) is 2.45. The Morgan fingerprint density at radius 3 is 2.62 bits per heavy atom. The summed E-state index contributed by atoms with van der Waals surface area (Å²) in [4.78, 5) is 8.82. The van der Waals surface area contributed by atoms with Crippen molar-refractivity contribution in [3.05, 3.63) is 39.6 Å². The summed E-state index contributed by atoms with van der Waals surface area (Å²) in [5.41, 5.74) is 1.50. The van der Waals surface area contributed by atoms with E-state index in [4.69, 9.17) is 5.26 Å². The van der Waals surface area contributed by atoms with Crippen LogP contribution in [0.4, 0.5) is 17.5 Å². The van der Waals surface area contributed by atoms with E-state index in [1.54, 1.807) is 18.3 Å². The van der Waals surface area contributed by atoms with Gasteiger partial charge in [0.1, 0.15) is 5.82 Å². The van der Waals surface area contributed by atoms with Crippen LogP contribution in [0.5, 0.6) is 0 Å². The van der Waals surface area contributed by atoms with Gasteiger partial charge in [-0.1, -0.05) is 0 Å². The molecule has 6 heteroatoms. The minimum absolute atomic E-state index is 0.538. The van der Waals surface area contributed by atoms with E-state index in [1.165, 1.54) is 19.3 Å². The monoisotopic (exact) mass is 391 g/mol. The van der Waals surface area contributed by atoms with Crippen LogP contribution in [0, 0.1) is 14.9 Å². The molecule has 1 aromatic heterocycles. The maximum absolute atomic E-state index is 8.79. The van der Waals surface area contributed by atoms with E-state index in [2.05, 4.69) is 49.3 Å². The lowest BCUT2D eigenvalue weighted by molar-refractivity contribution is 0.444. The summed E-state index contributed by atoms with van der Waals surface area (Å²) in [6.45, 7) is 0. The van der Waals surface area contributed by atoms with E-state index < -0.39 is 0 Å². The zero-order valence-electron chi connectivity index (χ0n) is 11.3. The molecular formula is C15H14IN5. The van der Waals surface area contributed by atoms with Crippen molar-refractivity contribution >= 4 is 40.0 Å². The lowest BCUT2D eigenvalue weighted by Gasteiger charge is -2.27. The van der Waals surface area contributed by atoms with E-state index in [0.717, 1.165) is 15.1 Å². The minimum atomic E-state index is 0.538. The number of aromatic nitrogens is 2. The predicted octanol–water partition coefficient (Wildman–Crippen LogP) is 3.66. The summed E-state index contributed by atoms with van der Waals surface area (Å²) < 4.78 is 1.02. The third kappa shape index (κ3) is 3.42. The molecule has 1 aromatic carbocycles. The van der Waals surface area contributed by atoms with Gasteiger partial charge in [0.15, 0.2) is 0 Å². The molecule has 0 radical (unpaired) electrons. The van der Waals surface area contributed by atoms with E-state index in [-0.39, 0.29) is 0 Å². The second kappa shape index (κ2) is 6.26. The lowest BCUT2D eigenvalue weighted by Crippen LogP contribution is -2.28. The first-order chi connectivity index (χ1) is 10.2. The number of anilines is 3.